The maximum atomic E-state index is 13.3. The summed E-state index contributed by atoms with van der Waals surface area (Å²) in [5.41, 5.74) is 1.64. The molecule has 0 unspecified atom stereocenters. The van der Waals surface area contributed by atoms with Crippen molar-refractivity contribution in [3.8, 4) is 0 Å². The maximum Gasteiger partial charge on any atom is 0.254 e. The summed E-state index contributed by atoms with van der Waals surface area (Å²) < 4.78 is 49.2. The molecule has 1 aliphatic rings. The monoisotopic (exact) mass is 352 g/mol. The Balaban J connectivity index is 1.88. The second kappa shape index (κ2) is 5.95. The highest BCUT2D eigenvalue weighted by Crippen LogP contribution is 2.23. The summed E-state index contributed by atoms with van der Waals surface area (Å²) in [6.07, 6.45) is 0.537. The van der Waals surface area contributed by atoms with Gasteiger partial charge in [0.1, 0.15) is 0 Å². The molecule has 5 nitrogen and oxygen atoms in total. The highest BCUT2D eigenvalue weighted by Gasteiger charge is 2.23. The smallest absolute Gasteiger partial charge is 0.254 e. The van der Waals surface area contributed by atoms with Crippen LogP contribution in [0, 0.1) is 11.6 Å². The topological polar surface area (TPSA) is 80.5 Å². The zero-order valence-electron chi connectivity index (χ0n) is 12.5. The van der Waals surface area contributed by atoms with Crippen molar-refractivity contribution in [2.45, 2.75) is 17.9 Å². The third kappa shape index (κ3) is 3.15. The molecule has 126 valence electrons. The highest BCUT2D eigenvalue weighted by molar-refractivity contribution is 7.89. The summed E-state index contributed by atoms with van der Waals surface area (Å²) in [6.45, 7) is 0.579. The molecule has 24 heavy (non-hydrogen) atoms. The number of amides is 1. The van der Waals surface area contributed by atoms with Gasteiger partial charge >= 0.3 is 0 Å². The van der Waals surface area contributed by atoms with E-state index in [1.54, 1.807) is 6.07 Å². The standard InChI is InChI=1S/C16H14F2N2O3S/c17-14-4-2-11(8-15(14)18)16(21)20-6-5-10-1-3-13(24(19,22)23)7-12(10)9-20/h1-4,7-8H,5-6,9H2,(H2,19,22,23). The van der Waals surface area contributed by atoms with Gasteiger partial charge in [0, 0.05) is 18.7 Å². The number of nitrogens with two attached hydrogens (primary N) is 1. The largest absolute Gasteiger partial charge is 0.334 e. The van der Waals surface area contributed by atoms with Gasteiger partial charge < -0.3 is 4.90 Å². The minimum atomic E-state index is -3.83. The van der Waals surface area contributed by atoms with Crippen LogP contribution in [0.1, 0.15) is 21.5 Å². The Morgan fingerprint density at radius 1 is 1.04 bits per heavy atom. The molecule has 0 bridgehead atoms. The lowest BCUT2D eigenvalue weighted by Crippen LogP contribution is -2.36. The Kier molecular flexibility index (Phi) is 4.10. The molecule has 0 radical (unpaired) electrons. The lowest BCUT2D eigenvalue weighted by molar-refractivity contribution is 0.0734. The van der Waals surface area contributed by atoms with Crippen molar-refractivity contribution in [3.63, 3.8) is 0 Å². The highest BCUT2D eigenvalue weighted by atomic mass is 32.2. The number of hydrogen-bond donors (Lipinski definition) is 1. The number of carbonyl (C=O) groups is 1. The molecule has 0 aromatic heterocycles. The summed E-state index contributed by atoms with van der Waals surface area (Å²) >= 11 is 0. The molecule has 1 amide bonds. The maximum absolute atomic E-state index is 13.3. The van der Waals surface area contributed by atoms with E-state index in [2.05, 4.69) is 0 Å². The second-order valence-electron chi connectivity index (χ2n) is 5.58. The van der Waals surface area contributed by atoms with Crippen molar-refractivity contribution in [1.29, 1.82) is 0 Å². The molecule has 1 heterocycles. The predicted molar refractivity (Wildman–Crippen MR) is 82.6 cm³/mol. The van der Waals surface area contributed by atoms with E-state index >= 15 is 0 Å². The number of rotatable bonds is 2. The molecule has 8 heteroatoms. The van der Waals surface area contributed by atoms with Gasteiger partial charge in [0.15, 0.2) is 11.6 Å². The molecule has 3 rings (SSSR count). The average molecular weight is 352 g/mol. The van der Waals surface area contributed by atoms with Crippen molar-refractivity contribution in [3.05, 3.63) is 64.7 Å². The Morgan fingerprint density at radius 3 is 2.46 bits per heavy atom. The first kappa shape index (κ1) is 16.5. The zero-order valence-corrected chi connectivity index (χ0v) is 13.3. The Labute approximate surface area is 137 Å². The summed E-state index contributed by atoms with van der Waals surface area (Å²) in [7, 11) is -3.83. The van der Waals surface area contributed by atoms with Crippen LogP contribution in [0.15, 0.2) is 41.3 Å². The minimum Gasteiger partial charge on any atom is -0.334 e. The molecule has 2 N–H and O–H groups in total. The molecule has 0 atom stereocenters. The first-order valence-electron chi connectivity index (χ1n) is 7.14. The number of fused-ring (bicyclic) bond motifs is 1. The summed E-state index contributed by atoms with van der Waals surface area (Å²) in [6, 6.07) is 7.52. The fourth-order valence-corrected chi connectivity index (χ4v) is 3.26. The van der Waals surface area contributed by atoms with E-state index in [1.807, 2.05) is 0 Å². The molecule has 1 aliphatic heterocycles. The number of sulfonamides is 1. The van der Waals surface area contributed by atoms with Gasteiger partial charge in [-0.1, -0.05) is 6.07 Å². The average Bonchev–Trinajstić information content (AvgIpc) is 2.55. The van der Waals surface area contributed by atoms with Crippen LogP contribution in [-0.2, 0) is 23.0 Å². The fraction of sp³-hybridized carbons (Fsp3) is 0.188. The summed E-state index contributed by atoms with van der Waals surface area (Å²) in [5.74, 6) is -2.55. The van der Waals surface area contributed by atoms with E-state index in [0.717, 1.165) is 17.7 Å². The lowest BCUT2D eigenvalue weighted by atomic mass is 9.99. The number of nitrogens with zero attached hydrogens (tertiary/aromatic N) is 1. The van der Waals surface area contributed by atoms with Gasteiger partial charge in [-0.15, -0.1) is 0 Å². The zero-order chi connectivity index (χ0) is 17.5. The Hall–Kier alpha value is -2.32. The van der Waals surface area contributed by atoms with Crippen LogP contribution in [0.4, 0.5) is 8.78 Å². The van der Waals surface area contributed by atoms with Gasteiger partial charge in [-0.3, -0.25) is 4.79 Å². The number of hydrogen-bond acceptors (Lipinski definition) is 3. The van der Waals surface area contributed by atoms with Crippen molar-refractivity contribution in [1.82, 2.24) is 4.90 Å². The number of carbonyl (C=O) groups excluding carboxylic acids is 1. The SMILES string of the molecule is NS(=O)(=O)c1ccc2c(c1)CN(C(=O)c1ccc(F)c(F)c1)CC2. The van der Waals surface area contributed by atoms with Gasteiger partial charge in [-0.05, 0) is 47.9 Å². The van der Waals surface area contributed by atoms with Gasteiger partial charge in [-0.2, -0.15) is 0 Å². The van der Waals surface area contributed by atoms with Crippen LogP contribution in [0.2, 0.25) is 0 Å². The van der Waals surface area contributed by atoms with E-state index in [0.29, 0.717) is 18.5 Å². The molecular formula is C16H14F2N2O3S. The van der Waals surface area contributed by atoms with Crippen molar-refractivity contribution < 1.29 is 22.0 Å². The van der Waals surface area contributed by atoms with Gasteiger partial charge in [0.05, 0.1) is 4.90 Å². The van der Waals surface area contributed by atoms with Crippen LogP contribution in [0.5, 0.6) is 0 Å². The molecule has 0 saturated heterocycles. The van der Waals surface area contributed by atoms with Gasteiger partial charge in [0.25, 0.3) is 5.91 Å². The van der Waals surface area contributed by atoms with Gasteiger partial charge in [0.2, 0.25) is 10.0 Å². The van der Waals surface area contributed by atoms with Crippen molar-refractivity contribution >= 4 is 15.9 Å². The van der Waals surface area contributed by atoms with Crippen LogP contribution in [0.25, 0.3) is 0 Å². The molecule has 0 aliphatic carbocycles. The molecular weight excluding hydrogens is 338 g/mol. The first-order valence-corrected chi connectivity index (χ1v) is 8.69. The third-order valence-electron chi connectivity index (χ3n) is 3.97. The third-order valence-corrected chi connectivity index (χ3v) is 4.88. The molecule has 2 aromatic carbocycles. The molecule has 2 aromatic rings. The van der Waals surface area contributed by atoms with Crippen molar-refractivity contribution in [2.75, 3.05) is 6.54 Å². The van der Waals surface area contributed by atoms with Crippen LogP contribution in [-0.4, -0.2) is 25.8 Å². The lowest BCUT2D eigenvalue weighted by Gasteiger charge is -2.29. The summed E-state index contributed by atoms with van der Waals surface area (Å²) in [5, 5.41) is 5.12. The van der Waals surface area contributed by atoms with E-state index in [1.165, 1.54) is 23.1 Å². The Bertz CT molecular complexity index is 929. The second-order valence-corrected chi connectivity index (χ2v) is 7.14. The normalized spacial score (nSPS) is 14.4. The van der Waals surface area contributed by atoms with Gasteiger partial charge in [-0.25, -0.2) is 22.3 Å². The van der Waals surface area contributed by atoms with E-state index in [4.69, 9.17) is 5.14 Å². The summed E-state index contributed by atoms with van der Waals surface area (Å²) in [4.78, 5) is 13.9. The minimum absolute atomic E-state index is 0.0247. The molecule has 0 spiro atoms. The molecule has 0 saturated carbocycles. The van der Waals surface area contributed by atoms with Crippen molar-refractivity contribution in [2.24, 2.45) is 5.14 Å². The number of primary sulfonamides is 1. The Morgan fingerprint density at radius 2 is 1.79 bits per heavy atom. The number of halogens is 2. The van der Waals surface area contributed by atoms with E-state index in [-0.39, 0.29) is 17.0 Å². The van der Waals surface area contributed by atoms with E-state index < -0.39 is 27.6 Å². The predicted octanol–water partition coefficient (Wildman–Crippen LogP) is 1.81. The first-order chi connectivity index (χ1) is 11.3. The van der Waals surface area contributed by atoms with Crippen LogP contribution < -0.4 is 5.14 Å². The quantitative estimate of drug-likeness (QED) is 0.895. The molecule has 0 fully saturated rings. The van der Waals surface area contributed by atoms with E-state index in [9.17, 15) is 22.0 Å². The van der Waals surface area contributed by atoms with Crippen LogP contribution >= 0.6 is 0 Å². The van der Waals surface area contributed by atoms with Crippen LogP contribution in [0.3, 0.4) is 0 Å². The number of benzene rings is 2. The fourth-order valence-electron chi connectivity index (χ4n) is 2.70.